The monoisotopic (exact) mass is 338 g/mol. The van der Waals surface area contributed by atoms with E-state index < -0.39 is 17.7 Å². The van der Waals surface area contributed by atoms with Gasteiger partial charge in [0.25, 0.3) is 0 Å². The van der Waals surface area contributed by atoms with Crippen LogP contribution in [0, 0.1) is 29.4 Å². The Bertz CT molecular complexity index is 547. The van der Waals surface area contributed by atoms with Crippen molar-refractivity contribution in [2.24, 2.45) is 17.8 Å². The summed E-state index contributed by atoms with van der Waals surface area (Å²) < 4.78 is 33.4. The predicted octanol–water partition coefficient (Wildman–Crippen LogP) is 5.39. The predicted molar refractivity (Wildman–Crippen MR) is 89.9 cm³/mol. The molecular weight excluding hydrogens is 310 g/mol. The van der Waals surface area contributed by atoms with Crippen LogP contribution in [0.4, 0.5) is 8.78 Å². The number of aliphatic hydroxyl groups is 1. The summed E-state index contributed by atoms with van der Waals surface area (Å²) in [6, 6.07) is 2.89. The van der Waals surface area contributed by atoms with E-state index in [-0.39, 0.29) is 23.8 Å². The summed E-state index contributed by atoms with van der Waals surface area (Å²) in [4.78, 5) is 0. The molecule has 2 fully saturated rings. The van der Waals surface area contributed by atoms with Gasteiger partial charge < -0.3 is 9.84 Å². The van der Waals surface area contributed by atoms with Crippen molar-refractivity contribution in [3.05, 3.63) is 29.3 Å². The van der Waals surface area contributed by atoms with Crippen molar-refractivity contribution in [1.29, 1.82) is 0 Å². The van der Waals surface area contributed by atoms with Crippen LogP contribution in [0.25, 0.3) is 0 Å². The number of hydrogen-bond donors (Lipinski definition) is 1. The first kappa shape index (κ1) is 17.7. The maximum atomic E-state index is 14.3. The van der Waals surface area contributed by atoms with Crippen LogP contribution in [0.5, 0.6) is 5.75 Å². The third-order valence-corrected chi connectivity index (χ3v) is 6.02. The molecule has 0 aromatic heterocycles. The molecule has 2 nitrogen and oxygen atoms in total. The standard InChI is InChI=1S/C20H28F2O2/c1-2-24-17-12-11-16(18(21)19(17)22)20(23)15-9-7-14(8-10-15)13-5-3-4-6-13/h11-15,20,23H,2-10H2,1H3. The van der Waals surface area contributed by atoms with Gasteiger partial charge in [-0.05, 0) is 62.5 Å². The average molecular weight is 338 g/mol. The quantitative estimate of drug-likeness (QED) is 0.779. The molecular formula is C20H28F2O2. The minimum Gasteiger partial charge on any atom is -0.491 e. The SMILES string of the molecule is CCOc1ccc(C(O)C2CCC(C3CCCC3)CC2)c(F)c1F. The lowest BCUT2D eigenvalue weighted by Gasteiger charge is -2.34. The van der Waals surface area contributed by atoms with Crippen molar-refractivity contribution in [2.75, 3.05) is 6.61 Å². The van der Waals surface area contributed by atoms with Crippen LogP contribution in [0.15, 0.2) is 12.1 Å². The van der Waals surface area contributed by atoms with Gasteiger partial charge in [-0.25, -0.2) is 4.39 Å². The molecule has 24 heavy (non-hydrogen) atoms. The van der Waals surface area contributed by atoms with E-state index in [1.54, 1.807) is 6.92 Å². The molecule has 1 unspecified atom stereocenters. The fourth-order valence-electron chi connectivity index (χ4n) is 4.66. The molecule has 0 radical (unpaired) electrons. The summed E-state index contributed by atoms with van der Waals surface area (Å²) in [5.74, 6) is -0.412. The topological polar surface area (TPSA) is 29.5 Å². The lowest BCUT2D eigenvalue weighted by atomic mass is 9.73. The Labute approximate surface area is 143 Å². The highest BCUT2D eigenvalue weighted by Gasteiger charge is 2.33. The third kappa shape index (κ3) is 3.58. The van der Waals surface area contributed by atoms with E-state index in [1.807, 2.05) is 0 Å². The van der Waals surface area contributed by atoms with Gasteiger partial charge in [0.05, 0.1) is 12.7 Å². The number of halogens is 2. The van der Waals surface area contributed by atoms with Gasteiger partial charge in [-0.1, -0.05) is 25.7 Å². The Balaban J connectivity index is 1.64. The van der Waals surface area contributed by atoms with E-state index in [2.05, 4.69) is 0 Å². The van der Waals surface area contributed by atoms with Gasteiger partial charge in [-0.3, -0.25) is 0 Å². The van der Waals surface area contributed by atoms with Crippen LogP contribution in [0.1, 0.15) is 70.0 Å². The van der Waals surface area contributed by atoms with Crippen molar-refractivity contribution in [3.63, 3.8) is 0 Å². The molecule has 0 spiro atoms. The highest BCUT2D eigenvalue weighted by molar-refractivity contribution is 5.32. The van der Waals surface area contributed by atoms with E-state index in [9.17, 15) is 13.9 Å². The van der Waals surface area contributed by atoms with Crippen LogP contribution in [-0.4, -0.2) is 11.7 Å². The fourth-order valence-corrected chi connectivity index (χ4v) is 4.66. The molecule has 2 aliphatic carbocycles. The fraction of sp³-hybridized carbons (Fsp3) is 0.700. The lowest BCUT2D eigenvalue weighted by molar-refractivity contribution is 0.0611. The number of rotatable bonds is 5. The molecule has 0 aliphatic heterocycles. The van der Waals surface area contributed by atoms with E-state index in [0.717, 1.165) is 37.5 Å². The molecule has 0 saturated heterocycles. The van der Waals surface area contributed by atoms with Gasteiger partial charge in [0.1, 0.15) is 0 Å². The highest BCUT2D eigenvalue weighted by Crippen LogP contribution is 2.44. The maximum absolute atomic E-state index is 14.3. The second-order valence-corrected chi connectivity index (χ2v) is 7.38. The molecule has 3 rings (SSSR count). The molecule has 0 heterocycles. The highest BCUT2D eigenvalue weighted by atomic mass is 19.2. The Morgan fingerprint density at radius 3 is 2.25 bits per heavy atom. The molecule has 1 N–H and O–H groups in total. The minimum absolute atomic E-state index is 0.0227. The van der Waals surface area contributed by atoms with Gasteiger partial charge >= 0.3 is 0 Å². The Morgan fingerprint density at radius 1 is 1.00 bits per heavy atom. The maximum Gasteiger partial charge on any atom is 0.200 e. The molecule has 134 valence electrons. The number of ether oxygens (including phenoxy) is 1. The first-order valence-corrected chi connectivity index (χ1v) is 9.40. The van der Waals surface area contributed by atoms with Crippen LogP contribution in [-0.2, 0) is 0 Å². The van der Waals surface area contributed by atoms with Gasteiger partial charge in [0.2, 0.25) is 5.82 Å². The normalized spacial score (nSPS) is 26.5. The summed E-state index contributed by atoms with van der Waals surface area (Å²) in [5, 5.41) is 10.6. The average Bonchev–Trinajstić information content (AvgIpc) is 3.13. The van der Waals surface area contributed by atoms with E-state index >= 15 is 0 Å². The van der Waals surface area contributed by atoms with Crippen molar-refractivity contribution in [2.45, 2.75) is 64.4 Å². The lowest BCUT2D eigenvalue weighted by Crippen LogP contribution is -2.24. The van der Waals surface area contributed by atoms with E-state index in [0.29, 0.717) is 0 Å². The molecule has 1 atom stereocenters. The van der Waals surface area contributed by atoms with Crippen molar-refractivity contribution < 1.29 is 18.6 Å². The summed E-state index contributed by atoms with van der Waals surface area (Å²) in [7, 11) is 0. The second-order valence-electron chi connectivity index (χ2n) is 7.38. The molecule has 4 heteroatoms. The Hall–Kier alpha value is -1.16. The van der Waals surface area contributed by atoms with Gasteiger partial charge in [-0.2, -0.15) is 4.39 Å². The van der Waals surface area contributed by atoms with Crippen LogP contribution >= 0.6 is 0 Å². The summed E-state index contributed by atoms with van der Waals surface area (Å²) in [6.07, 6.45) is 8.47. The number of hydrogen-bond acceptors (Lipinski definition) is 2. The zero-order valence-corrected chi connectivity index (χ0v) is 14.4. The third-order valence-electron chi connectivity index (χ3n) is 6.02. The van der Waals surface area contributed by atoms with Crippen LogP contribution < -0.4 is 4.74 Å². The Kier molecular flexibility index (Phi) is 5.75. The molecule has 2 aliphatic rings. The zero-order valence-electron chi connectivity index (χ0n) is 14.4. The molecule has 1 aromatic carbocycles. The largest absolute Gasteiger partial charge is 0.491 e. The van der Waals surface area contributed by atoms with Gasteiger partial charge in [0, 0.05) is 5.56 Å². The summed E-state index contributed by atoms with van der Waals surface area (Å²) >= 11 is 0. The smallest absolute Gasteiger partial charge is 0.200 e. The number of aliphatic hydroxyl groups excluding tert-OH is 1. The molecule has 0 amide bonds. The molecule has 1 aromatic rings. The first-order chi connectivity index (χ1) is 11.6. The van der Waals surface area contributed by atoms with Gasteiger partial charge in [0.15, 0.2) is 11.6 Å². The van der Waals surface area contributed by atoms with Crippen LogP contribution in [0.3, 0.4) is 0 Å². The van der Waals surface area contributed by atoms with Gasteiger partial charge in [-0.15, -0.1) is 0 Å². The van der Waals surface area contributed by atoms with Crippen molar-refractivity contribution >= 4 is 0 Å². The van der Waals surface area contributed by atoms with E-state index in [1.165, 1.54) is 37.8 Å². The van der Waals surface area contributed by atoms with Crippen molar-refractivity contribution in [3.8, 4) is 5.75 Å². The molecule has 0 bridgehead atoms. The van der Waals surface area contributed by atoms with E-state index in [4.69, 9.17) is 4.74 Å². The summed E-state index contributed by atoms with van der Waals surface area (Å²) in [6.45, 7) is 2.01. The zero-order chi connectivity index (χ0) is 17.1. The summed E-state index contributed by atoms with van der Waals surface area (Å²) in [5.41, 5.74) is 0.0697. The Morgan fingerprint density at radius 2 is 1.62 bits per heavy atom. The minimum atomic E-state index is -0.993. The number of benzene rings is 1. The van der Waals surface area contributed by atoms with Crippen molar-refractivity contribution in [1.82, 2.24) is 0 Å². The van der Waals surface area contributed by atoms with Crippen LogP contribution in [0.2, 0.25) is 0 Å². The first-order valence-electron chi connectivity index (χ1n) is 9.40. The molecule has 2 saturated carbocycles. The second kappa shape index (κ2) is 7.81.